The third kappa shape index (κ3) is 13.4. The molecule has 2 aliphatic heterocycles. The van der Waals surface area contributed by atoms with Gasteiger partial charge in [-0.2, -0.15) is 0 Å². The molecule has 4 aromatic rings. The van der Waals surface area contributed by atoms with Crippen LogP contribution in [0.3, 0.4) is 0 Å². The fourth-order valence-electron chi connectivity index (χ4n) is 7.75. The number of fused-ring (bicyclic) bond motifs is 1. The molecule has 0 bridgehead atoms. The summed E-state index contributed by atoms with van der Waals surface area (Å²) in [4.78, 5) is 68.4. The number of unbranched alkanes of at least 4 members (excludes halogenated alkanes) is 1. The van der Waals surface area contributed by atoms with E-state index in [0.717, 1.165) is 57.2 Å². The van der Waals surface area contributed by atoms with E-state index in [0.29, 0.717) is 62.4 Å². The minimum absolute atomic E-state index is 0.0000251. The van der Waals surface area contributed by atoms with Gasteiger partial charge in [-0.25, -0.2) is 18.7 Å². The summed E-state index contributed by atoms with van der Waals surface area (Å²) in [5.41, 5.74) is 2.55. The molecule has 2 aromatic heterocycles. The van der Waals surface area contributed by atoms with Crippen LogP contribution in [0.25, 0.3) is 11.3 Å². The molecule has 1 atom stereocenters. The highest BCUT2D eigenvalue weighted by molar-refractivity contribution is 6.04. The monoisotopic (exact) mass is 897 g/mol. The number of pyridine rings is 1. The third-order valence-corrected chi connectivity index (χ3v) is 11.2. The lowest BCUT2D eigenvalue weighted by Gasteiger charge is -2.34. The van der Waals surface area contributed by atoms with Crippen LogP contribution in [0.2, 0.25) is 0 Å². The zero-order valence-electron chi connectivity index (χ0n) is 37.9. The Morgan fingerprint density at radius 1 is 1.03 bits per heavy atom. The number of likely N-dealkylation sites (N-methyl/N-ethyl adjacent to an activating group) is 1. The summed E-state index contributed by atoms with van der Waals surface area (Å²) in [7, 11) is 5.24. The molecule has 17 heteroatoms. The van der Waals surface area contributed by atoms with Gasteiger partial charge in [0.05, 0.1) is 41.9 Å². The van der Waals surface area contributed by atoms with Crippen molar-refractivity contribution in [2.75, 3.05) is 77.3 Å². The second-order valence-corrected chi connectivity index (χ2v) is 16.2. The molecule has 4 heterocycles. The Morgan fingerprint density at radius 3 is 2.48 bits per heavy atom. The summed E-state index contributed by atoms with van der Waals surface area (Å²) in [5, 5.41) is 8.71. The number of ether oxygens (including phenoxy) is 2. The van der Waals surface area contributed by atoms with Crippen molar-refractivity contribution in [3.8, 4) is 22.8 Å². The molecule has 0 aliphatic carbocycles. The number of nitrogens with one attached hydrogen (secondary N) is 3. The topological polar surface area (TPSA) is 171 Å². The van der Waals surface area contributed by atoms with Gasteiger partial charge in [-0.3, -0.25) is 19.4 Å². The molecule has 65 heavy (non-hydrogen) atoms. The summed E-state index contributed by atoms with van der Waals surface area (Å²) < 4.78 is 41.5. The van der Waals surface area contributed by atoms with E-state index in [1.54, 1.807) is 24.4 Å². The molecular formula is C48H61F2N9O6. The second kappa shape index (κ2) is 24.7. The van der Waals surface area contributed by atoms with E-state index in [4.69, 9.17) is 14.5 Å². The summed E-state index contributed by atoms with van der Waals surface area (Å²) in [5.74, 6) is -1.45. The fourth-order valence-corrected chi connectivity index (χ4v) is 7.75. The molecule has 1 unspecified atom stereocenters. The lowest BCUT2D eigenvalue weighted by atomic mass is 9.93. The normalized spacial score (nSPS) is 14.2. The van der Waals surface area contributed by atoms with Gasteiger partial charge in [-0.1, -0.05) is 18.2 Å². The highest BCUT2D eigenvalue weighted by Gasteiger charge is 2.28. The smallest absolute Gasteiger partial charge is 0.258 e. The van der Waals surface area contributed by atoms with Gasteiger partial charge in [0.1, 0.15) is 24.3 Å². The van der Waals surface area contributed by atoms with Gasteiger partial charge >= 0.3 is 0 Å². The molecule has 1 saturated heterocycles. The minimum atomic E-state index is -0.708. The number of allylic oxidation sites excluding steroid dienone is 1. The van der Waals surface area contributed by atoms with E-state index in [2.05, 4.69) is 37.4 Å². The van der Waals surface area contributed by atoms with E-state index in [1.165, 1.54) is 30.1 Å². The quantitative estimate of drug-likeness (QED) is 0.0495. The largest absolute Gasteiger partial charge is 0.486 e. The van der Waals surface area contributed by atoms with Crippen molar-refractivity contribution >= 4 is 41.7 Å². The first-order chi connectivity index (χ1) is 31.4. The molecule has 348 valence electrons. The number of nitrogens with zero attached hydrogens (tertiary/aromatic N) is 6. The van der Waals surface area contributed by atoms with Gasteiger partial charge in [0.2, 0.25) is 5.95 Å². The number of carbonyl (C=O) groups excluding carboxylic acids is 4. The molecule has 2 aliphatic rings. The first-order valence-electron chi connectivity index (χ1n) is 22.0. The first kappa shape index (κ1) is 49.7. The van der Waals surface area contributed by atoms with Gasteiger partial charge in [0, 0.05) is 42.4 Å². The molecule has 6 rings (SSSR count). The van der Waals surface area contributed by atoms with Crippen LogP contribution in [0.1, 0.15) is 84.7 Å². The lowest BCUT2D eigenvalue weighted by molar-refractivity contribution is -0.123. The van der Waals surface area contributed by atoms with Crippen molar-refractivity contribution in [2.24, 2.45) is 0 Å². The molecule has 2 aromatic carbocycles. The van der Waals surface area contributed by atoms with E-state index in [1.807, 2.05) is 45.0 Å². The number of carbonyl (C=O) groups is 4. The minimum Gasteiger partial charge on any atom is -0.486 e. The number of piperidine rings is 1. The predicted octanol–water partition coefficient (Wildman–Crippen LogP) is 6.58. The van der Waals surface area contributed by atoms with E-state index < -0.39 is 23.6 Å². The summed E-state index contributed by atoms with van der Waals surface area (Å²) >= 11 is 0. The molecule has 15 nitrogen and oxygen atoms in total. The van der Waals surface area contributed by atoms with Crippen LogP contribution in [0.15, 0.2) is 67.5 Å². The van der Waals surface area contributed by atoms with E-state index >= 15 is 8.78 Å². The van der Waals surface area contributed by atoms with Crippen molar-refractivity contribution in [2.45, 2.75) is 70.4 Å². The number of benzene rings is 2. The molecule has 2 amide bonds. The summed E-state index contributed by atoms with van der Waals surface area (Å²) in [6.07, 6.45) is 10.1. The van der Waals surface area contributed by atoms with Crippen molar-refractivity contribution in [1.29, 1.82) is 0 Å². The Balaban J connectivity index is 0.00000257. The standard InChI is InChI=1S/C46H54F2N8O6.C2H7N/c1-5-6-11-35(28-58)54(4)45(60)42-32(27-57)10-9-12-40(42)62-29-41(59)49-17-7-8-18-55-19-15-31(16-20-55)38-14-13-34(25-50-38)52-46-51-26-37(48)43(53-46)33-23-36(47)44-39(24-33)56(30(2)3)21-22-61-44;1-3-2/h5,9-10,12-14,23-28,30-31,35H,1,6-8,11,15-22,29H2,2-4H3,(H,49,59)(H,51,52,53);3H,1-2H3. The van der Waals surface area contributed by atoms with Crippen LogP contribution in [0.4, 0.5) is 26.1 Å². The Kier molecular flexibility index (Phi) is 18.8. The van der Waals surface area contributed by atoms with Gasteiger partial charge in [-0.05, 0) is 116 Å². The van der Waals surface area contributed by atoms with Crippen molar-refractivity contribution in [1.82, 2.24) is 35.4 Å². The second-order valence-electron chi connectivity index (χ2n) is 16.2. The Morgan fingerprint density at radius 2 is 1.80 bits per heavy atom. The number of aromatic nitrogens is 3. The van der Waals surface area contributed by atoms with Crippen LogP contribution in [-0.4, -0.2) is 128 Å². The highest BCUT2D eigenvalue weighted by Crippen LogP contribution is 2.39. The van der Waals surface area contributed by atoms with Crippen LogP contribution in [0, 0.1) is 11.6 Å². The number of aldehydes is 2. The summed E-state index contributed by atoms with van der Waals surface area (Å²) in [6.45, 7) is 11.5. The average molecular weight is 898 g/mol. The van der Waals surface area contributed by atoms with Gasteiger partial charge < -0.3 is 44.9 Å². The predicted molar refractivity (Wildman–Crippen MR) is 247 cm³/mol. The fraction of sp³-hybridized carbons (Fsp3) is 0.438. The number of hydrogen-bond acceptors (Lipinski definition) is 13. The van der Waals surface area contributed by atoms with E-state index in [9.17, 15) is 19.2 Å². The van der Waals surface area contributed by atoms with Crippen LogP contribution < -0.4 is 30.3 Å². The Hall–Kier alpha value is -6.33. The van der Waals surface area contributed by atoms with E-state index in [-0.39, 0.29) is 58.4 Å². The van der Waals surface area contributed by atoms with Crippen molar-refractivity contribution < 1.29 is 37.4 Å². The number of likely N-dealkylation sites (tertiary alicyclic amines) is 1. The summed E-state index contributed by atoms with van der Waals surface area (Å²) in [6, 6.07) is 10.8. The van der Waals surface area contributed by atoms with Crippen LogP contribution in [-0.2, 0) is 9.59 Å². The maximum atomic E-state index is 15.1. The lowest BCUT2D eigenvalue weighted by Crippen LogP contribution is -2.39. The zero-order valence-corrected chi connectivity index (χ0v) is 37.9. The number of rotatable bonds is 20. The maximum absolute atomic E-state index is 15.1. The molecule has 1 fully saturated rings. The zero-order chi connectivity index (χ0) is 46.9. The highest BCUT2D eigenvalue weighted by atomic mass is 19.1. The average Bonchev–Trinajstić information content (AvgIpc) is 3.31. The number of halogens is 2. The van der Waals surface area contributed by atoms with Gasteiger partial charge in [0.15, 0.2) is 30.3 Å². The Labute approximate surface area is 380 Å². The van der Waals surface area contributed by atoms with Gasteiger partial charge in [0.25, 0.3) is 11.8 Å². The van der Waals surface area contributed by atoms with Crippen molar-refractivity contribution in [3.05, 3.63) is 96.0 Å². The van der Waals surface area contributed by atoms with Crippen molar-refractivity contribution in [3.63, 3.8) is 0 Å². The number of hydrogen-bond donors (Lipinski definition) is 3. The van der Waals surface area contributed by atoms with Crippen LogP contribution >= 0.6 is 0 Å². The Bertz CT molecular complexity index is 2240. The third-order valence-electron chi connectivity index (χ3n) is 11.2. The van der Waals surface area contributed by atoms with Gasteiger partial charge in [-0.15, -0.1) is 6.58 Å². The maximum Gasteiger partial charge on any atom is 0.258 e. The first-order valence-corrected chi connectivity index (χ1v) is 22.0. The number of amides is 2. The van der Waals surface area contributed by atoms with Crippen LogP contribution in [0.5, 0.6) is 11.5 Å². The number of anilines is 3. The molecule has 0 spiro atoms. The molecular weight excluding hydrogens is 837 g/mol. The molecule has 0 radical (unpaired) electrons. The SMILES string of the molecule is C=CCCC(C=O)N(C)C(=O)c1c(C=O)cccc1OCC(=O)NCCCCN1CCC(c2ccc(Nc3ncc(F)c(-c4cc(F)c5c(c4)N(C(C)C)CCO5)n3)cn2)CC1.CNC. The molecule has 0 saturated carbocycles. The molecule has 3 N–H and O–H groups in total.